The van der Waals surface area contributed by atoms with Gasteiger partial charge in [-0.25, -0.2) is 13.8 Å². The third kappa shape index (κ3) is 3.45. The summed E-state index contributed by atoms with van der Waals surface area (Å²) in [7, 11) is 0. The second kappa shape index (κ2) is 6.92. The fourth-order valence-electron chi connectivity index (χ4n) is 2.70. The molecule has 0 radical (unpaired) electrons. The molecule has 0 saturated carbocycles. The summed E-state index contributed by atoms with van der Waals surface area (Å²) in [6.07, 6.45) is 1.54. The highest BCUT2D eigenvalue weighted by Gasteiger charge is 2.36. The van der Waals surface area contributed by atoms with Crippen LogP contribution in [-0.2, 0) is 4.79 Å². The first-order valence-corrected chi connectivity index (χ1v) is 8.94. The maximum atomic E-state index is 13.3. The second-order valence-corrected chi connectivity index (χ2v) is 6.90. The van der Waals surface area contributed by atoms with E-state index in [2.05, 4.69) is 10.3 Å². The number of carbonyl (C=O) groups is 2. The minimum atomic E-state index is -1.08. The van der Waals surface area contributed by atoms with Crippen LogP contribution in [-0.4, -0.2) is 34.8 Å². The Morgan fingerprint density at radius 1 is 1.22 bits per heavy atom. The van der Waals surface area contributed by atoms with Gasteiger partial charge in [-0.2, -0.15) is 0 Å². The number of thiazole rings is 1. The Kier molecular flexibility index (Phi) is 4.44. The van der Waals surface area contributed by atoms with E-state index in [1.807, 2.05) is 0 Å². The Hall–Kier alpha value is -3.07. The highest BCUT2D eigenvalue weighted by Crippen LogP contribution is 2.27. The first kappa shape index (κ1) is 17.3. The van der Waals surface area contributed by atoms with Gasteiger partial charge in [-0.05, 0) is 30.3 Å². The van der Waals surface area contributed by atoms with Crippen LogP contribution in [0.5, 0.6) is 0 Å². The molecule has 1 saturated heterocycles. The topological polar surface area (TPSA) is 75.4 Å². The third-order valence-corrected chi connectivity index (χ3v) is 4.97. The second-order valence-electron chi connectivity index (χ2n) is 6.04. The van der Waals surface area contributed by atoms with E-state index in [4.69, 9.17) is 4.42 Å². The number of amides is 2. The van der Waals surface area contributed by atoms with Crippen LogP contribution in [0.15, 0.2) is 46.4 Å². The van der Waals surface area contributed by atoms with E-state index in [1.54, 1.807) is 23.8 Å². The zero-order chi connectivity index (χ0) is 19.0. The van der Waals surface area contributed by atoms with Crippen LogP contribution >= 0.6 is 11.3 Å². The molecule has 0 spiro atoms. The van der Waals surface area contributed by atoms with Crippen molar-refractivity contribution in [1.29, 1.82) is 0 Å². The number of rotatable bonds is 4. The molecule has 138 valence electrons. The Morgan fingerprint density at radius 2 is 2.04 bits per heavy atom. The molecule has 1 fully saturated rings. The zero-order valence-electron chi connectivity index (χ0n) is 13.8. The summed E-state index contributed by atoms with van der Waals surface area (Å²) in [5.74, 6) is -2.54. The van der Waals surface area contributed by atoms with E-state index in [9.17, 15) is 18.4 Å². The van der Waals surface area contributed by atoms with Gasteiger partial charge < -0.3 is 14.6 Å². The molecule has 9 heteroatoms. The molecular formula is C18H13F2N3O3S. The highest BCUT2D eigenvalue weighted by molar-refractivity contribution is 7.14. The summed E-state index contributed by atoms with van der Waals surface area (Å²) in [5, 5.41) is 4.93. The minimum Gasteiger partial charge on any atom is -0.463 e. The normalized spacial score (nSPS) is 14.1. The lowest BCUT2D eigenvalue weighted by molar-refractivity contribution is -0.123. The van der Waals surface area contributed by atoms with E-state index >= 15 is 0 Å². The molecule has 3 heterocycles. The number of halogens is 2. The molecule has 0 bridgehead atoms. The molecule has 2 amide bonds. The van der Waals surface area contributed by atoms with E-state index < -0.39 is 17.5 Å². The van der Waals surface area contributed by atoms with Gasteiger partial charge in [0, 0.05) is 24.0 Å². The van der Waals surface area contributed by atoms with Gasteiger partial charge >= 0.3 is 0 Å². The van der Waals surface area contributed by atoms with Crippen LogP contribution in [0.1, 0.15) is 10.4 Å². The van der Waals surface area contributed by atoms with Crippen molar-refractivity contribution < 1.29 is 22.8 Å². The molecule has 1 aliphatic rings. The van der Waals surface area contributed by atoms with Gasteiger partial charge in [-0.15, -0.1) is 11.3 Å². The molecule has 6 nitrogen and oxygen atoms in total. The number of nitrogens with one attached hydrogen (secondary N) is 1. The average Bonchev–Trinajstić information content (AvgIpc) is 3.27. The molecule has 3 aromatic rings. The fourth-order valence-corrected chi connectivity index (χ4v) is 3.40. The van der Waals surface area contributed by atoms with Gasteiger partial charge in [-0.3, -0.25) is 9.59 Å². The molecule has 4 rings (SSSR count). The van der Waals surface area contributed by atoms with Gasteiger partial charge in [0.1, 0.15) is 5.69 Å². The molecule has 1 aromatic carbocycles. The monoisotopic (exact) mass is 389 g/mol. The maximum absolute atomic E-state index is 13.3. The van der Waals surface area contributed by atoms with Crippen molar-refractivity contribution in [1.82, 2.24) is 9.88 Å². The fraction of sp³-hybridized carbons (Fsp3) is 0.167. The highest BCUT2D eigenvalue weighted by atomic mass is 32.1. The standard InChI is InChI=1S/C18H13F2N3O3S/c19-12-4-3-10(6-13(12)20)17(25)23-7-11(8-23)16(24)22-18-21-14(9-27-18)15-2-1-5-26-15/h1-6,9,11H,7-8H2,(H,21,22,24). The number of anilines is 1. The number of furan rings is 1. The van der Waals surface area contributed by atoms with Crippen molar-refractivity contribution in [3.8, 4) is 11.5 Å². The molecule has 0 unspecified atom stereocenters. The number of hydrogen-bond acceptors (Lipinski definition) is 5. The van der Waals surface area contributed by atoms with Gasteiger partial charge in [0.25, 0.3) is 5.91 Å². The predicted octanol–water partition coefficient (Wildman–Crippen LogP) is 3.39. The lowest BCUT2D eigenvalue weighted by Crippen LogP contribution is -2.54. The lowest BCUT2D eigenvalue weighted by Gasteiger charge is -2.38. The van der Waals surface area contributed by atoms with Crippen LogP contribution in [0.4, 0.5) is 13.9 Å². The summed E-state index contributed by atoms with van der Waals surface area (Å²) in [4.78, 5) is 30.2. The van der Waals surface area contributed by atoms with Crippen molar-refractivity contribution >= 4 is 28.3 Å². The predicted molar refractivity (Wildman–Crippen MR) is 94.2 cm³/mol. The molecule has 0 atom stereocenters. The summed E-state index contributed by atoms with van der Waals surface area (Å²) in [6.45, 7) is 0.417. The van der Waals surface area contributed by atoms with Gasteiger partial charge in [-0.1, -0.05) is 0 Å². The first-order chi connectivity index (χ1) is 13.0. The smallest absolute Gasteiger partial charge is 0.254 e. The quantitative estimate of drug-likeness (QED) is 0.742. The molecule has 1 N–H and O–H groups in total. The molecule has 0 aliphatic carbocycles. The minimum absolute atomic E-state index is 0.0516. The van der Waals surface area contributed by atoms with Crippen LogP contribution < -0.4 is 5.32 Å². The summed E-state index contributed by atoms with van der Waals surface area (Å²) in [6, 6.07) is 6.51. The summed E-state index contributed by atoms with van der Waals surface area (Å²) in [5.41, 5.74) is 0.680. The average molecular weight is 389 g/mol. The summed E-state index contributed by atoms with van der Waals surface area (Å²) < 4.78 is 31.5. The molecule has 1 aliphatic heterocycles. The van der Waals surface area contributed by atoms with E-state index in [-0.39, 0.29) is 30.5 Å². The van der Waals surface area contributed by atoms with Crippen LogP contribution in [0, 0.1) is 17.6 Å². The SMILES string of the molecule is O=C(Nc1nc(-c2ccco2)cs1)C1CN(C(=O)c2ccc(F)c(F)c2)C1. The molecular weight excluding hydrogens is 376 g/mol. The lowest BCUT2D eigenvalue weighted by atomic mass is 9.98. The number of likely N-dealkylation sites (tertiary alicyclic amines) is 1. The van der Waals surface area contributed by atoms with E-state index in [1.165, 1.54) is 22.3 Å². The van der Waals surface area contributed by atoms with Crippen LogP contribution in [0.3, 0.4) is 0 Å². The van der Waals surface area contributed by atoms with Crippen molar-refractivity contribution in [3.63, 3.8) is 0 Å². The number of hydrogen-bond donors (Lipinski definition) is 1. The Labute approximate surface area is 156 Å². The van der Waals surface area contributed by atoms with Crippen molar-refractivity contribution in [2.24, 2.45) is 5.92 Å². The van der Waals surface area contributed by atoms with Crippen LogP contribution in [0.25, 0.3) is 11.5 Å². The van der Waals surface area contributed by atoms with Crippen molar-refractivity contribution in [2.45, 2.75) is 0 Å². The Balaban J connectivity index is 1.33. The number of nitrogens with zero attached hydrogens (tertiary/aromatic N) is 2. The maximum Gasteiger partial charge on any atom is 0.254 e. The zero-order valence-corrected chi connectivity index (χ0v) is 14.6. The first-order valence-electron chi connectivity index (χ1n) is 8.06. The molecule has 2 aromatic heterocycles. The van der Waals surface area contributed by atoms with Crippen LogP contribution in [0.2, 0.25) is 0 Å². The van der Waals surface area contributed by atoms with E-state index in [0.29, 0.717) is 16.6 Å². The molecule has 27 heavy (non-hydrogen) atoms. The Bertz CT molecular complexity index is 997. The van der Waals surface area contributed by atoms with Gasteiger partial charge in [0.05, 0.1) is 12.2 Å². The number of benzene rings is 1. The Morgan fingerprint density at radius 3 is 2.74 bits per heavy atom. The van der Waals surface area contributed by atoms with E-state index in [0.717, 1.165) is 12.1 Å². The van der Waals surface area contributed by atoms with Crippen molar-refractivity contribution in [2.75, 3.05) is 18.4 Å². The van der Waals surface area contributed by atoms with Gasteiger partial charge in [0.15, 0.2) is 22.5 Å². The number of carbonyl (C=O) groups excluding carboxylic acids is 2. The summed E-state index contributed by atoms with van der Waals surface area (Å²) >= 11 is 1.27. The van der Waals surface area contributed by atoms with Gasteiger partial charge in [0.2, 0.25) is 5.91 Å². The number of aromatic nitrogens is 1. The third-order valence-electron chi connectivity index (χ3n) is 4.21. The largest absolute Gasteiger partial charge is 0.463 e. The van der Waals surface area contributed by atoms with Crippen molar-refractivity contribution in [3.05, 3.63) is 59.2 Å².